The van der Waals surface area contributed by atoms with Crippen LogP contribution in [0.1, 0.15) is 68.6 Å². The largest absolute Gasteiger partial charge is 1.00 e. The molecule has 0 amide bonds. The van der Waals surface area contributed by atoms with Gasteiger partial charge >= 0.3 is 18.9 Å². The van der Waals surface area contributed by atoms with Gasteiger partial charge in [0.05, 0.1) is 23.6 Å². The Hall–Kier alpha value is -1.46. The SMILES string of the molecule is Cc1cc(C)c(C(=O)Pc2c(OC(C)C)cc(OC(C)C)cc2OC(C)C)c(C)c1.[Li+]. The fourth-order valence-electron chi connectivity index (χ4n) is 3.44. The third-order valence-electron chi connectivity index (χ3n) is 4.28. The molecule has 4 nitrogen and oxygen atoms in total. The molecule has 2 aromatic carbocycles. The van der Waals surface area contributed by atoms with Crippen LogP contribution in [0.4, 0.5) is 0 Å². The molecule has 0 radical (unpaired) electrons. The fraction of sp³-hybridized carbons (Fsp3) is 0.480. The van der Waals surface area contributed by atoms with Crippen molar-refractivity contribution in [1.29, 1.82) is 0 Å². The number of ether oxygens (including phenoxy) is 3. The zero-order valence-electron chi connectivity index (χ0n) is 20.7. The number of benzene rings is 2. The predicted octanol–water partition coefficient (Wildman–Crippen LogP) is 3.12. The minimum Gasteiger partial charge on any atom is -0.491 e. The van der Waals surface area contributed by atoms with Crippen molar-refractivity contribution in [2.75, 3.05) is 0 Å². The van der Waals surface area contributed by atoms with Crippen LogP contribution >= 0.6 is 8.58 Å². The second-order valence-electron chi connectivity index (χ2n) is 8.52. The predicted molar refractivity (Wildman–Crippen MR) is 127 cm³/mol. The van der Waals surface area contributed by atoms with Crippen molar-refractivity contribution in [3.05, 3.63) is 46.5 Å². The molecular weight excluding hydrogens is 402 g/mol. The summed E-state index contributed by atoms with van der Waals surface area (Å²) in [7, 11) is -0.110. The number of aryl methyl sites for hydroxylation is 3. The Morgan fingerprint density at radius 2 is 1.16 bits per heavy atom. The number of carbonyl (C=O) groups is 1. The standard InChI is InChI=1S/C25H35O4P.Li/c1-14(2)27-20-12-21(28-15(3)4)24(22(13-20)29-16(5)6)30-25(26)23-18(8)10-17(7)11-19(23)9;/h10-16,30H,1-9H3;/q;+1. The minimum atomic E-state index is -0.110. The van der Waals surface area contributed by atoms with E-state index in [4.69, 9.17) is 14.2 Å². The Kier molecular flexibility index (Phi) is 10.6. The molecular formula is C25H35LiO4P+. The van der Waals surface area contributed by atoms with Gasteiger partial charge in [-0.05, 0) is 82.0 Å². The molecule has 0 aliphatic heterocycles. The van der Waals surface area contributed by atoms with E-state index in [1.165, 1.54) is 0 Å². The van der Waals surface area contributed by atoms with Crippen LogP contribution in [0.2, 0.25) is 0 Å². The molecule has 0 heterocycles. The fourth-order valence-corrected chi connectivity index (χ4v) is 4.69. The molecule has 0 spiro atoms. The quantitative estimate of drug-likeness (QED) is 0.447. The second kappa shape index (κ2) is 12.0. The summed E-state index contributed by atoms with van der Waals surface area (Å²) >= 11 is 0. The van der Waals surface area contributed by atoms with E-state index >= 15 is 0 Å². The maximum atomic E-state index is 13.4. The Morgan fingerprint density at radius 1 is 0.742 bits per heavy atom. The van der Waals surface area contributed by atoms with Crippen LogP contribution in [0.15, 0.2) is 24.3 Å². The third kappa shape index (κ3) is 7.87. The molecule has 1 unspecified atom stereocenters. The van der Waals surface area contributed by atoms with E-state index in [1.807, 2.05) is 74.4 Å². The molecule has 2 rings (SSSR count). The van der Waals surface area contributed by atoms with Crippen LogP contribution in [-0.2, 0) is 0 Å². The number of carbonyl (C=O) groups excluding carboxylic acids is 1. The van der Waals surface area contributed by atoms with Gasteiger partial charge in [0, 0.05) is 17.7 Å². The van der Waals surface area contributed by atoms with Crippen LogP contribution < -0.4 is 38.4 Å². The van der Waals surface area contributed by atoms with Crippen LogP contribution in [0, 0.1) is 20.8 Å². The third-order valence-corrected chi connectivity index (χ3v) is 5.50. The van der Waals surface area contributed by atoms with Crippen molar-refractivity contribution in [1.82, 2.24) is 0 Å². The molecule has 0 saturated carbocycles. The maximum Gasteiger partial charge on any atom is 1.00 e. The van der Waals surface area contributed by atoms with Crippen molar-refractivity contribution in [2.45, 2.75) is 80.6 Å². The molecule has 164 valence electrons. The van der Waals surface area contributed by atoms with E-state index in [1.54, 1.807) is 0 Å². The Morgan fingerprint density at radius 3 is 1.55 bits per heavy atom. The molecule has 2 aromatic rings. The number of hydrogen-bond acceptors (Lipinski definition) is 4. The Bertz CT molecular complexity index is 852. The van der Waals surface area contributed by atoms with E-state index in [9.17, 15) is 4.79 Å². The Labute approximate surface area is 201 Å². The molecule has 1 atom stereocenters. The molecule has 6 heteroatoms. The van der Waals surface area contributed by atoms with Crippen molar-refractivity contribution >= 4 is 19.4 Å². The zero-order chi connectivity index (χ0) is 22.6. The first-order chi connectivity index (χ1) is 14.0. The number of hydrogen-bond donors (Lipinski definition) is 0. The second-order valence-corrected chi connectivity index (χ2v) is 9.73. The monoisotopic (exact) mass is 437 g/mol. The van der Waals surface area contributed by atoms with Gasteiger partial charge in [-0.2, -0.15) is 0 Å². The normalized spacial score (nSPS) is 11.4. The minimum absolute atomic E-state index is 0. The zero-order valence-corrected chi connectivity index (χ0v) is 21.7. The summed E-state index contributed by atoms with van der Waals surface area (Å²) in [6.07, 6.45) is -0.0445. The summed E-state index contributed by atoms with van der Waals surface area (Å²) in [6, 6.07) is 7.86. The van der Waals surface area contributed by atoms with E-state index in [0.717, 1.165) is 27.6 Å². The van der Waals surface area contributed by atoms with Gasteiger partial charge in [0.2, 0.25) is 0 Å². The van der Waals surface area contributed by atoms with Gasteiger partial charge in [0.25, 0.3) is 0 Å². The van der Waals surface area contributed by atoms with E-state index in [-0.39, 0.29) is 51.3 Å². The van der Waals surface area contributed by atoms with Gasteiger partial charge in [-0.15, -0.1) is 0 Å². The summed E-state index contributed by atoms with van der Waals surface area (Å²) in [6.45, 7) is 17.9. The summed E-state index contributed by atoms with van der Waals surface area (Å²) in [5.74, 6) is 1.97. The molecule has 0 aliphatic rings. The van der Waals surface area contributed by atoms with Gasteiger partial charge in [-0.3, -0.25) is 4.79 Å². The summed E-state index contributed by atoms with van der Waals surface area (Å²) < 4.78 is 18.1. The van der Waals surface area contributed by atoms with Crippen molar-refractivity contribution in [2.24, 2.45) is 0 Å². The first kappa shape index (κ1) is 27.6. The van der Waals surface area contributed by atoms with Gasteiger partial charge < -0.3 is 14.2 Å². The van der Waals surface area contributed by atoms with Crippen LogP contribution in [0.25, 0.3) is 0 Å². The van der Waals surface area contributed by atoms with Crippen molar-refractivity contribution < 1.29 is 37.9 Å². The van der Waals surface area contributed by atoms with Gasteiger partial charge in [0.1, 0.15) is 17.2 Å². The average molecular weight is 437 g/mol. The molecule has 0 bridgehead atoms. The van der Waals surface area contributed by atoms with Gasteiger partial charge in [-0.1, -0.05) is 17.7 Å². The molecule has 31 heavy (non-hydrogen) atoms. The molecule has 0 N–H and O–H groups in total. The van der Waals surface area contributed by atoms with E-state index < -0.39 is 0 Å². The number of rotatable bonds is 9. The smallest absolute Gasteiger partial charge is 0.491 e. The van der Waals surface area contributed by atoms with Crippen LogP contribution in [0.5, 0.6) is 17.2 Å². The first-order valence-electron chi connectivity index (χ1n) is 10.5. The van der Waals surface area contributed by atoms with Crippen molar-refractivity contribution in [3.63, 3.8) is 0 Å². The molecule has 0 aliphatic carbocycles. The van der Waals surface area contributed by atoms with Crippen LogP contribution in [-0.4, -0.2) is 23.8 Å². The molecule has 0 aromatic heterocycles. The molecule has 0 saturated heterocycles. The Balaban J connectivity index is 0.00000480. The maximum absolute atomic E-state index is 13.4. The molecule has 0 fully saturated rings. The van der Waals surface area contributed by atoms with Gasteiger partial charge in [0.15, 0.2) is 5.52 Å². The van der Waals surface area contributed by atoms with E-state index in [2.05, 4.69) is 12.1 Å². The summed E-state index contributed by atoms with van der Waals surface area (Å²) in [4.78, 5) is 13.4. The van der Waals surface area contributed by atoms with E-state index in [0.29, 0.717) is 17.2 Å². The average Bonchev–Trinajstić information content (AvgIpc) is 2.55. The summed E-state index contributed by atoms with van der Waals surface area (Å²) in [5, 5.41) is 0.790. The first-order valence-corrected chi connectivity index (χ1v) is 11.5. The summed E-state index contributed by atoms with van der Waals surface area (Å²) in [5.41, 5.74) is 4.04. The van der Waals surface area contributed by atoms with Crippen molar-refractivity contribution in [3.8, 4) is 17.2 Å². The topological polar surface area (TPSA) is 44.8 Å². The van der Waals surface area contributed by atoms with Gasteiger partial charge in [-0.25, -0.2) is 0 Å². The van der Waals surface area contributed by atoms with Crippen LogP contribution in [0.3, 0.4) is 0 Å².